The number of aliphatic hydroxyl groups is 2. The molecule has 23 heavy (non-hydrogen) atoms. The summed E-state index contributed by atoms with van der Waals surface area (Å²) in [6.07, 6.45) is 14.8. The molecule has 0 spiro atoms. The van der Waals surface area contributed by atoms with Gasteiger partial charge >= 0.3 is 0 Å². The van der Waals surface area contributed by atoms with Crippen LogP contribution in [0.2, 0.25) is 0 Å². The first-order valence-electron chi connectivity index (χ1n) is 9.18. The molecule has 138 valence electrons. The van der Waals surface area contributed by atoms with Crippen LogP contribution >= 0.6 is 23.5 Å². The molecule has 2 nitrogen and oxygen atoms in total. The second-order valence-electron chi connectivity index (χ2n) is 7.89. The van der Waals surface area contributed by atoms with Crippen molar-refractivity contribution in [1.82, 2.24) is 0 Å². The summed E-state index contributed by atoms with van der Waals surface area (Å²) < 4.78 is 0. The van der Waals surface area contributed by atoms with Gasteiger partial charge in [-0.15, -0.1) is 0 Å². The second kappa shape index (κ2) is 9.94. The largest absolute Gasteiger partial charge is 0.396 e. The van der Waals surface area contributed by atoms with Crippen molar-refractivity contribution in [1.29, 1.82) is 0 Å². The summed E-state index contributed by atoms with van der Waals surface area (Å²) in [6.45, 7) is 5.25. The summed E-state index contributed by atoms with van der Waals surface area (Å²) in [5.41, 5.74) is 1.55. The highest BCUT2D eigenvalue weighted by atomic mass is 32.2. The van der Waals surface area contributed by atoms with Gasteiger partial charge in [-0.3, -0.25) is 0 Å². The number of hydrogen-bond acceptors (Lipinski definition) is 4. The molecule has 0 unspecified atom stereocenters. The van der Waals surface area contributed by atoms with E-state index in [-0.39, 0.29) is 0 Å². The van der Waals surface area contributed by atoms with Gasteiger partial charge in [0.2, 0.25) is 0 Å². The molecule has 3 rings (SSSR count). The van der Waals surface area contributed by atoms with Gasteiger partial charge in [0.15, 0.2) is 0 Å². The monoisotopic (exact) mass is 362 g/mol. The Labute approximate surface area is 152 Å². The van der Waals surface area contributed by atoms with Crippen LogP contribution < -0.4 is 0 Å². The molecular formula is C19H38O2S2. The van der Waals surface area contributed by atoms with E-state index in [1.54, 1.807) is 0 Å². The molecule has 4 heteroatoms. The van der Waals surface area contributed by atoms with Crippen molar-refractivity contribution in [3.8, 4) is 0 Å². The predicted octanol–water partition coefficient (Wildman–Crippen LogP) is 4.83. The smallest absolute Gasteiger partial charge is 0.0495 e. The molecule has 0 aromatic heterocycles. The maximum atomic E-state index is 8.77. The number of thioether (sulfide) groups is 2. The minimum Gasteiger partial charge on any atom is -0.396 e. The zero-order valence-corrected chi connectivity index (χ0v) is 17.3. The van der Waals surface area contributed by atoms with Crippen molar-refractivity contribution >= 4 is 23.5 Å². The topological polar surface area (TPSA) is 40.5 Å². The number of aliphatic hydroxyl groups excluding tert-OH is 2. The summed E-state index contributed by atoms with van der Waals surface area (Å²) in [5, 5.41) is 17.4. The lowest BCUT2D eigenvalue weighted by Crippen LogP contribution is -2.08. The van der Waals surface area contributed by atoms with E-state index in [1.165, 1.54) is 50.7 Å². The normalized spacial score (nSPS) is 23.7. The Balaban J connectivity index is 0.000000173. The molecule has 0 bridgehead atoms. The Morgan fingerprint density at radius 2 is 1.00 bits per heavy atom. The van der Waals surface area contributed by atoms with Gasteiger partial charge in [0.25, 0.3) is 0 Å². The van der Waals surface area contributed by atoms with Crippen LogP contribution in [0, 0.1) is 16.2 Å². The molecule has 0 saturated heterocycles. The fourth-order valence-corrected chi connectivity index (χ4v) is 4.81. The van der Waals surface area contributed by atoms with Crippen LogP contribution in [-0.2, 0) is 0 Å². The molecule has 3 aliphatic rings. The minimum atomic E-state index is 0.361. The fourth-order valence-electron chi connectivity index (χ4n) is 2.71. The number of hydrogen-bond donors (Lipinski definition) is 2. The van der Waals surface area contributed by atoms with Crippen molar-refractivity contribution in [2.45, 2.75) is 65.2 Å². The van der Waals surface area contributed by atoms with Gasteiger partial charge in [-0.2, -0.15) is 23.5 Å². The Morgan fingerprint density at radius 1 is 0.652 bits per heavy atom. The molecule has 3 saturated carbocycles. The highest BCUT2D eigenvalue weighted by Gasteiger charge is 2.41. The summed E-state index contributed by atoms with van der Waals surface area (Å²) >= 11 is 3.83. The van der Waals surface area contributed by atoms with Crippen molar-refractivity contribution in [2.75, 3.05) is 37.2 Å². The fraction of sp³-hybridized carbons (Fsp3) is 1.00. The maximum absolute atomic E-state index is 8.77. The first-order valence-corrected chi connectivity index (χ1v) is 12.0. The Kier molecular flexibility index (Phi) is 9.36. The lowest BCUT2D eigenvalue weighted by atomic mass is 10.1. The van der Waals surface area contributed by atoms with E-state index in [2.05, 4.69) is 26.4 Å². The zero-order valence-electron chi connectivity index (χ0n) is 15.7. The zero-order chi connectivity index (χ0) is 17.4. The first kappa shape index (κ1) is 21.7. The average molecular weight is 363 g/mol. The maximum Gasteiger partial charge on any atom is 0.0495 e. The average Bonchev–Trinajstić information content (AvgIpc) is 3.46. The standard InChI is InChI=1S/C7H14S.C6H12OS.C6H12O/c1-3-7(4-5-7)6-8-2;1-8-5-6(4-7)2-3-6;1-2-6(5-7)3-4-6/h3-6H2,1-2H3;7H,2-5H2,1H3;7H,2-5H2,1H3. The van der Waals surface area contributed by atoms with Crippen LogP contribution in [0.5, 0.6) is 0 Å². The van der Waals surface area contributed by atoms with Gasteiger partial charge < -0.3 is 10.2 Å². The molecule has 0 aliphatic heterocycles. The van der Waals surface area contributed by atoms with E-state index in [9.17, 15) is 0 Å². The third-order valence-corrected chi connectivity index (χ3v) is 7.75. The van der Waals surface area contributed by atoms with Crippen molar-refractivity contribution in [2.24, 2.45) is 16.2 Å². The van der Waals surface area contributed by atoms with Gasteiger partial charge in [-0.1, -0.05) is 13.8 Å². The second-order valence-corrected chi connectivity index (χ2v) is 9.62. The van der Waals surface area contributed by atoms with Gasteiger partial charge in [0.05, 0.1) is 0 Å². The SMILES string of the molecule is CCC1(CO)CC1.CCC1(CSC)CC1.CSCC1(CO)CC1. The van der Waals surface area contributed by atoms with Crippen LogP contribution in [0.1, 0.15) is 65.2 Å². The van der Waals surface area contributed by atoms with E-state index < -0.39 is 0 Å². The van der Waals surface area contributed by atoms with Gasteiger partial charge in [-0.25, -0.2) is 0 Å². The Bertz CT molecular complexity index is 293. The number of rotatable bonds is 8. The quantitative estimate of drug-likeness (QED) is 0.649. The summed E-state index contributed by atoms with van der Waals surface area (Å²) in [7, 11) is 0. The van der Waals surface area contributed by atoms with E-state index >= 15 is 0 Å². The molecule has 0 heterocycles. The molecule has 0 amide bonds. The summed E-state index contributed by atoms with van der Waals surface area (Å²) in [6, 6.07) is 0. The van der Waals surface area contributed by atoms with Crippen molar-refractivity contribution in [3.63, 3.8) is 0 Å². The Morgan fingerprint density at radius 3 is 1.09 bits per heavy atom. The summed E-state index contributed by atoms with van der Waals surface area (Å²) in [5.74, 6) is 2.53. The van der Waals surface area contributed by atoms with Gasteiger partial charge in [-0.05, 0) is 80.5 Å². The van der Waals surface area contributed by atoms with Crippen LogP contribution in [0.25, 0.3) is 0 Å². The highest BCUT2D eigenvalue weighted by Crippen LogP contribution is 2.50. The predicted molar refractivity (Wildman–Crippen MR) is 107 cm³/mol. The van der Waals surface area contributed by atoms with Crippen LogP contribution in [0.15, 0.2) is 0 Å². The van der Waals surface area contributed by atoms with Crippen molar-refractivity contribution in [3.05, 3.63) is 0 Å². The van der Waals surface area contributed by atoms with Crippen LogP contribution in [0.3, 0.4) is 0 Å². The molecule has 0 atom stereocenters. The molecular weight excluding hydrogens is 324 g/mol. The van der Waals surface area contributed by atoms with E-state index in [0.717, 1.165) is 17.6 Å². The summed E-state index contributed by atoms with van der Waals surface area (Å²) in [4.78, 5) is 0. The third kappa shape index (κ3) is 7.58. The molecule has 0 aromatic rings. The lowest BCUT2D eigenvalue weighted by Gasteiger charge is -2.07. The van der Waals surface area contributed by atoms with E-state index in [1.807, 2.05) is 23.5 Å². The van der Waals surface area contributed by atoms with Crippen LogP contribution in [-0.4, -0.2) is 47.4 Å². The Hall–Kier alpha value is 0.620. The molecule has 0 aromatic carbocycles. The van der Waals surface area contributed by atoms with Crippen LogP contribution in [0.4, 0.5) is 0 Å². The van der Waals surface area contributed by atoms with Gasteiger partial charge in [0, 0.05) is 24.4 Å². The molecule has 3 aliphatic carbocycles. The lowest BCUT2D eigenvalue weighted by molar-refractivity contribution is 0.208. The van der Waals surface area contributed by atoms with E-state index in [4.69, 9.17) is 10.2 Å². The molecule has 3 fully saturated rings. The third-order valence-electron chi connectivity index (χ3n) is 5.94. The highest BCUT2D eigenvalue weighted by molar-refractivity contribution is 7.98. The minimum absolute atomic E-state index is 0.361. The van der Waals surface area contributed by atoms with Crippen molar-refractivity contribution < 1.29 is 10.2 Å². The molecule has 0 radical (unpaired) electrons. The first-order chi connectivity index (χ1) is 11.0. The van der Waals surface area contributed by atoms with Gasteiger partial charge in [0.1, 0.15) is 0 Å². The molecule has 2 N–H and O–H groups in total. The van der Waals surface area contributed by atoms with E-state index in [0.29, 0.717) is 24.0 Å².